The van der Waals surface area contributed by atoms with Crippen LogP contribution < -0.4 is 15.5 Å². The van der Waals surface area contributed by atoms with E-state index in [1.54, 1.807) is 6.20 Å². The van der Waals surface area contributed by atoms with Crippen LogP contribution in [0.25, 0.3) is 11.0 Å². The van der Waals surface area contributed by atoms with Gasteiger partial charge in [-0.15, -0.1) is 24.0 Å². The Balaban J connectivity index is 0.00000240. The molecule has 4 rings (SSSR count). The summed E-state index contributed by atoms with van der Waals surface area (Å²) in [5, 5.41) is 8.63. The van der Waals surface area contributed by atoms with E-state index in [-0.39, 0.29) is 30.0 Å². The standard InChI is InChI=1S/C21H24ClN5O.HI/c1-2-23-21(25-13-17-12-15-6-3-4-8-19(15)28-17)26-16-9-11-27(14-16)20-18(22)7-5-10-24-20;/h3-8,10,12,16H,2,9,11,13-14H2,1H3,(H2,23,25,26);1H. The van der Waals surface area contributed by atoms with Crippen molar-refractivity contribution in [2.24, 2.45) is 4.99 Å². The first-order valence-electron chi connectivity index (χ1n) is 9.60. The second-order valence-electron chi connectivity index (χ2n) is 6.83. The summed E-state index contributed by atoms with van der Waals surface area (Å²) in [6.45, 7) is 5.11. The maximum atomic E-state index is 6.29. The van der Waals surface area contributed by atoms with Crippen LogP contribution in [-0.2, 0) is 6.54 Å². The van der Waals surface area contributed by atoms with Gasteiger partial charge < -0.3 is 20.0 Å². The van der Waals surface area contributed by atoms with Crippen LogP contribution in [0.5, 0.6) is 0 Å². The molecule has 1 atom stereocenters. The summed E-state index contributed by atoms with van der Waals surface area (Å²) >= 11 is 6.29. The zero-order valence-electron chi connectivity index (χ0n) is 16.3. The van der Waals surface area contributed by atoms with Gasteiger partial charge in [0.1, 0.15) is 23.7 Å². The second kappa shape index (κ2) is 10.2. The molecule has 1 aromatic carbocycles. The lowest BCUT2D eigenvalue weighted by atomic mass is 10.2. The highest BCUT2D eigenvalue weighted by molar-refractivity contribution is 14.0. The summed E-state index contributed by atoms with van der Waals surface area (Å²) in [4.78, 5) is 11.3. The van der Waals surface area contributed by atoms with Crippen molar-refractivity contribution in [1.82, 2.24) is 15.6 Å². The largest absolute Gasteiger partial charge is 0.459 e. The maximum Gasteiger partial charge on any atom is 0.191 e. The molecule has 29 heavy (non-hydrogen) atoms. The molecule has 1 saturated heterocycles. The van der Waals surface area contributed by atoms with Crippen LogP contribution >= 0.6 is 35.6 Å². The zero-order chi connectivity index (χ0) is 19.3. The molecule has 1 fully saturated rings. The minimum Gasteiger partial charge on any atom is -0.459 e. The van der Waals surface area contributed by atoms with E-state index >= 15 is 0 Å². The number of hydrogen-bond donors (Lipinski definition) is 2. The van der Waals surface area contributed by atoms with Crippen LogP contribution in [0.4, 0.5) is 5.82 Å². The lowest BCUT2D eigenvalue weighted by Crippen LogP contribution is -2.44. The molecular weight excluding hydrogens is 501 g/mol. The summed E-state index contributed by atoms with van der Waals surface area (Å²) in [6, 6.07) is 14.1. The number of guanidine groups is 1. The molecule has 1 unspecified atom stereocenters. The van der Waals surface area contributed by atoms with Gasteiger partial charge in [-0.05, 0) is 37.6 Å². The molecule has 3 aromatic rings. The summed E-state index contributed by atoms with van der Waals surface area (Å²) in [5.41, 5.74) is 0.893. The van der Waals surface area contributed by atoms with Gasteiger partial charge >= 0.3 is 0 Å². The van der Waals surface area contributed by atoms with Crippen molar-refractivity contribution in [1.29, 1.82) is 0 Å². The lowest BCUT2D eigenvalue weighted by Gasteiger charge is -2.20. The molecule has 2 aromatic heterocycles. The number of hydrogen-bond acceptors (Lipinski definition) is 4. The van der Waals surface area contributed by atoms with E-state index in [4.69, 9.17) is 21.0 Å². The lowest BCUT2D eigenvalue weighted by molar-refractivity contribution is 0.550. The first-order valence-corrected chi connectivity index (χ1v) is 9.98. The molecule has 6 nitrogen and oxygen atoms in total. The van der Waals surface area contributed by atoms with E-state index < -0.39 is 0 Å². The summed E-state index contributed by atoms with van der Waals surface area (Å²) in [7, 11) is 0. The van der Waals surface area contributed by atoms with E-state index in [1.165, 1.54) is 0 Å². The van der Waals surface area contributed by atoms with Crippen molar-refractivity contribution < 1.29 is 4.42 Å². The van der Waals surface area contributed by atoms with Crippen LogP contribution in [-0.4, -0.2) is 36.6 Å². The van der Waals surface area contributed by atoms with Gasteiger partial charge in [0, 0.05) is 37.3 Å². The predicted octanol–water partition coefficient (Wildman–Crippen LogP) is 4.43. The Hall–Kier alpha value is -2.00. The van der Waals surface area contributed by atoms with Gasteiger partial charge in [0.05, 0.1) is 5.02 Å². The van der Waals surface area contributed by atoms with E-state index in [1.807, 2.05) is 42.5 Å². The fraction of sp³-hybridized carbons (Fsp3) is 0.333. The maximum absolute atomic E-state index is 6.29. The summed E-state index contributed by atoms with van der Waals surface area (Å²) in [6.07, 6.45) is 2.78. The van der Waals surface area contributed by atoms with Gasteiger partial charge in [-0.1, -0.05) is 29.8 Å². The Morgan fingerprint density at radius 3 is 2.97 bits per heavy atom. The van der Waals surface area contributed by atoms with Gasteiger partial charge in [0.15, 0.2) is 5.96 Å². The fourth-order valence-electron chi connectivity index (χ4n) is 3.47. The minimum atomic E-state index is 0. The summed E-state index contributed by atoms with van der Waals surface area (Å²) < 4.78 is 5.86. The number of aromatic nitrogens is 1. The van der Waals surface area contributed by atoms with Crippen molar-refractivity contribution >= 4 is 58.3 Å². The van der Waals surface area contributed by atoms with Gasteiger partial charge in [-0.25, -0.2) is 9.98 Å². The topological polar surface area (TPSA) is 65.7 Å². The molecule has 0 saturated carbocycles. The molecule has 8 heteroatoms. The Morgan fingerprint density at radius 1 is 1.31 bits per heavy atom. The Labute approximate surface area is 192 Å². The number of nitrogens with one attached hydrogen (secondary N) is 2. The fourth-order valence-corrected chi connectivity index (χ4v) is 3.71. The third-order valence-corrected chi connectivity index (χ3v) is 5.08. The highest BCUT2D eigenvalue weighted by Crippen LogP contribution is 2.25. The number of anilines is 1. The zero-order valence-corrected chi connectivity index (χ0v) is 19.4. The van der Waals surface area contributed by atoms with Crippen LogP contribution in [0.15, 0.2) is 58.1 Å². The van der Waals surface area contributed by atoms with E-state index in [0.29, 0.717) is 11.6 Å². The third kappa shape index (κ3) is 5.33. The number of aliphatic imine (C=N–C) groups is 1. The molecule has 0 spiro atoms. The van der Waals surface area contributed by atoms with Crippen LogP contribution in [0, 0.1) is 0 Å². The van der Waals surface area contributed by atoms with E-state index in [2.05, 4.69) is 27.4 Å². The number of halogens is 2. The predicted molar refractivity (Wildman–Crippen MR) is 129 cm³/mol. The number of nitrogens with zero attached hydrogens (tertiary/aromatic N) is 3. The molecule has 0 amide bonds. The van der Waals surface area contributed by atoms with Crippen LogP contribution in [0.1, 0.15) is 19.1 Å². The number of furan rings is 1. The smallest absolute Gasteiger partial charge is 0.191 e. The van der Waals surface area contributed by atoms with Gasteiger partial charge in [-0.2, -0.15) is 0 Å². The third-order valence-electron chi connectivity index (χ3n) is 4.78. The molecule has 154 valence electrons. The van der Waals surface area contributed by atoms with Crippen molar-refractivity contribution in [2.75, 3.05) is 24.5 Å². The van der Waals surface area contributed by atoms with Crippen LogP contribution in [0.2, 0.25) is 5.02 Å². The number of para-hydroxylation sites is 1. The van der Waals surface area contributed by atoms with Gasteiger partial charge in [0.25, 0.3) is 0 Å². The Kier molecular flexibility index (Phi) is 7.60. The minimum absolute atomic E-state index is 0. The molecule has 2 N–H and O–H groups in total. The first kappa shape index (κ1) is 21.7. The molecule has 0 bridgehead atoms. The van der Waals surface area contributed by atoms with Crippen molar-refractivity contribution in [3.05, 3.63) is 59.4 Å². The van der Waals surface area contributed by atoms with Gasteiger partial charge in [-0.3, -0.25) is 0 Å². The quantitative estimate of drug-likeness (QED) is 0.293. The highest BCUT2D eigenvalue weighted by atomic mass is 127. The SMILES string of the molecule is CCNC(=NCc1cc2ccccc2o1)NC1CCN(c2ncccc2Cl)C1.I. The monoisotopic (exact) mass is 525 g/mol. The van der Waals surface area contributed by atoms with E-state index in [0.717, 1.165) is 54.6 Å². The van der Waals surface area contributed by atoms with Crippen molar-refractivity contribution in [3.63, 3.8) is 0 Å². The number of fused-ring (bicyclic) bond motifs is 1. The molecular formula is C21H25ClIN5O. The first-order chi connectivity index (χ1) is 13.7. The second-order valence-corrected chi connectivity index (χ2v) is 7.24. The molecule has 1 aliphatic rings. The molecule has 1 aliphatic heterocycles. The van der Waals surface area contributed by atoms with Gasteiger partial charge in [0.2, 0.25) is 0 Å². The Bertz CT molecular complexity index is 943. The van der Waals surface area contributed by atoms with Crippen LogP contribution in [0.3, 0.4) is 0 Å². The van der Waals surface area contributed by atoms with Crippen molar-refractivity contribution in [3.8, 4) is 0 Å². The van der Waals surface area contributed by atoms with E-state index in [9.17, 15) is 0 Å². The van der Waals surface area contributed by atoms with Crippen molar-refractivity contribution in [2.45, 2.75) is 25.9 Å². The Morgan fingerprint density at radius 2 is 2.17 bits per heavy atom. The molecule has 0 radical (unpaired) electrons. The average Bonchev–Trinajstić information content (AvgIpc) is 3.33. The normalized spacial score (nSPS) is 16.7. The highest BCUT2D eigenvalue weighted by Gasteiger charge is 2.25. The average molecular weight is 526 g/mol. The number of rotatable bonds is 5. The molecule has 3 heterocycles. The number of benzene rings is 1. The molecule has 0 aliphatic carbocycles. The summed E-state index contributed by atoms with van der Waals surface area (Å²) in [5.74, 6) is 2.49. The number of pyridine rings is 1.